The van der Waals surface area contributed by atoms with Crippen LogP contribution in [0.3, 0.4) is 0 Å². The molecule has 0 amide bonds. The molecule has 1 aromatic carbocycles. The lowest BCUT2D eigenvalue weighted by molar-refractivity contribution is 0.0697. The monoisotopic (exact) mass is 270 g/mol. The van der Waals surface area contributed by atoms with E-state index in [0.29, 0.717) is 10.7 Å². The largest absolute Gasteiger partial charge is 0.478 e. The molecule has 0 bridgehead atoms. The summed E-state index contributed by atoms with van der Waals surface area (Å²) >= 11 is 6.09. The van der Waals surface area contributed by atoms with Crippen molar-refractivity contribution in [3.63, 3.8) is 0 Å². The van der Waals surface area contributed by atoms with Crippen LogP contribution < -0.4 is 4.90 Å². The minimum absolute atomic E-state index is 0.245. The summed E-state index contributed by atoms with van der Waals surface area (Å²) in [6, 6.07) is 4.95. The van der Waals surface area contributed by atoms with Crippen LogP contribution in [0.5, 0.6) is 0 Å². The molecule has 0 radical (unpaired) electrons. The molecule has 18 heavy (non-hydrogen) atoms. The molecule has 5 heteroatoms. The van der Waals surface area contributed by atoms with Gasteiger partial charge < -0.3 is 14.9 Å². The first kappa shape index (κ1) is 14.8. The van der Waals surface area contributed by atoms with E-state index in [9.17, 15) is 4.79 Å². The number of rotatable bonds is 6. The van der Waals surface area contributed by atoms with E-state index in [1.54, 1.807) is 18.2 Å². The van der Waals surface area contributed by atoms with Gasteiger partial charge in [0.25, 0.3) is 0 Å². The third-order valence-electron chi connectivity index (χ3n) is 2.70. The van der Waals surface area contributed by atoms with Crippen molar-refractivity contribution < 1.29 is 9.90 Å². The Hall–Kier alpha value is -1.26. The van der Waals surface area contributed by atoms with Crippen LogP contribution >= 0.6 is 11.6 Å². The fourth-order valence-electron chi connectivity index (χ4n) is 1.81. The average Bonchev–Trinajstić information content (AvgIpc) is 2.27. The minimum Gasteiger partial charge on any atom is -0.478 e. The third-order valence-corrected chi connectivity index (χ3v) is 3.00. The van der Waals surface area contributed by atoms with Crippen molar-refractivity contribution >= 4 is 23.3 Å². The quantitative estimate of drug-likeness (QED) is 0.862. The highest BCUT2D eigenvalue weighted by Crippen LogP contribution is 2.29. The molecule has 0 aliphatic rings. The lowest BCUT2D eigenvalue weighted by Crippen LogP contribution is -2.25. The van der Waals surface area contributed by atoms with Gasteiger partial charge in [0.05, 0.1) is 16.3 Å². The first-order valence-electron chi connectivity index (χ1n) is 5.81. The SMILES string of the molecule is CN(C)CCCN(C)c1c(Cl)cccc1C(=O)O. The molecule has 0 fully saturated rings. The standard InChI is InChI=1S/C13H19ClN2O2/c1-15(2)8-5-9-16(3)12-10(13(17)18)6-4-7-11(12)14/h4,6-7H,5,8-9H2,1-3H3,(H,17,18). The number of benzene rings is 1. The molecule has 1 N–H and O–H groups in total. The normalized spacial score (nSPS) is 10.7. The molecule has 0 unspecified atom stereocenters. The van der Waals surface area contributed by atoms with Crippen LogP contribution in [0.25, 0.3) is 0 Å². The predicted molar refractivity (Wildman–Crippen MR) is 74.9 cm³/mol. The van der Waals surface area contributed by atoms with Crippen LogP contribution in [-0.4, -0.2) is 50.2 Å². The first-order chi connectivity index (χ1) is 8.43. The zero-order valence-corrected chi connectivity index (χ0v) is 11.7. The van der Waals surface area contributed by atoms with Gasteiger partial charge in [0.2, 0.25) is 0 Å². The van der Waals surface area contributed by atoms with E-state index in [-0.39, 0.29) is 5.56 Å². The third kappa shape index (κ3) is 3.89. The maximum absolute atomic E-state index is 11.2. The molecule has 1 rings (SSSR count). The predicted octanol–water partition coefficient (Wildman–Crippen LogP) is 2.43. The zero-order valence-electron chi connectivity index (χ0n) is 11.0. The number of aromatic carboxylic acids is 1. The van der Waals surface area contributed by atoms with Crippen LogP contribution in [0.4, 0.5) is 5.69 Å². The molecule has 100 valence electrons. The number of carboxylic acid groups (broad SMARTS) is 1. The molecule has 4 nitrogen and oxygen atoms in total. The molecule has 0 saturated heterocycles. The smallest absolute Gasteiger partial charge is 0.337 e. The van der Waals surface area contributed by atoms with E-state index < -0.39 is 5.97 Å². The summed E-state index contributed by atoms with van der Waals surface area (Å²) in [5.74, 6) is -0.952. The summed E-state index contributed by atoms with van der Waals surface area (Å²) in [5.41, 5.74) is 0.834. The Labute approximate surface area is 113 Å². The molecule has 0 aliphatic heterocycles. The molecule has 0 spiro atoms. The summed E-state index contributed by atoms with van der Waals surface area (Å²) in [5, 5.41) is 9.63. The maximum atomic E-state index is 11.2. The second-order valence-electron chi connectivity index (χ2n) is 4.52. The summed E-state index contributed by atoms with van der Waals surface area (Å²) in [6.45, 7) is 1.72. The van der Waals surface area contributed by atoms with Gasteiger partial charge in [-0.3, -0.25) is 0 Å². The van der Waals surface area contributed by atoms with Gasteiger partial charge in [0, 0.05) is 13.6 Å². The second kappa shape index (κ2) is 6.61. The second-order valence-corrected chi connectivity index (χ2v) is 4.93. The Morgan fingerprint density at radius 3 is 2.50 bits per heavy atom. The number of nitrogens with zero attached hydrogens (tertiary/aromatic N) is 2. The summed E-state index contributed by atoms with van der Waals surface area (Å²) in [4.78, 5) is 15.2. The number of para-hydroxylation sites is 1. The van der Waals surface area contributed by atoms with Gasteiger partial charge in [-0.1, -0.05) is 17.7 Å². The van der Waals surface area contributed by atoms with Gasteiger partial charge in [0.1, 0.15) is 0 Å². The first-order valence-corrected chi connectivity index (χ1v) is 6.19. The molecule has 0 aliphatic carbocycles. The van der Waals surface area contributed by atoms with Gasteiger partial charge in [-0.2, -0.15) is 0 Å². The number of anilines is 1. The fourth-order valence-corrected chi connectivity index (χ4v) is 2.13. The summed E-state index contributed by atoms with van der Waals surface area (Å²) in [6.07, 6.45) is 0.952. The van der Waals surface area contributed by atoms with Gasteiger partial charge in [0.15, 0.2) is 0 Å². The summed E-state index contributed by atoms with van der Waals surface area (Å²) in [7, 11) is 5.89. The van der Waals surface area contributed by atoms with E-state index in [1.165, 1.54) is 0 Å². The van der Waals surface area contributed by atoms with Crippen molar-refractivity contribution in [1.82, 2.24) is 4.90 Å². The van der Waals surface area contributed by atoms with Gasteiger partial charge in [-0.05, 0) is 39.2 Å². The highest BCUT2D eigenvalue weighted by Gasteiger charge is 2.16. The molecule has 0 heterocycles. The molecular formula is C13H19ClN2O2. The number of carboxylic acids is 1. The Balaban J connectivity index is 2.84. The molecule has 0 atom stereocenters. The molecule has 0 saturated carbocycles. The van der Waals surface area contributed by atoms with Crippen LogP contribution in [0.2, 0.25) is 5.02 Å². The van der Waals surface area contributed by atoms with Crippen molar-refractivity contribution in [2.75, 3.05) is 39.1 Å². The van der Waals surface area contributed by atoms with Crippen molar-refractivity contribution in [1.29, 1.82) is 0 Å². The van der Waals surface area contributed by atoms with Gasteiger partial charge >= 0.3 is 5.97 Å². The molecule has 1 aromatic rings. The van der Waals surface area contributed by atoms with E-state index in [1.807, 2.05) is 26.0 Å². The average molecular weight is 271 g/mol. The Morgan fingerprint density at radius 2 is 1.94 bits per heavy atom. The van der Waals surface area contributed by atoms with Crippen LogP contribution in [-0.2, 0) is 0 Å². The highest BCUT2D eigenvalue weighted by atomic mass is 35.5. The van der Waals surface area contributed by atoms with Crippen molar-refractivity contribution in [3.8, 4) is 0 Å². The van der Waals surface area contributed by atoms with E-state index in [2.05, 4.69) is 4.90 Å². The lowest BCUT2D eigenvalue weighted by Gasteiger charge is -2.23. The molecule has 0 aromatic heterocycles. The Bertz CT molecular complexity index is 421. The fraction of sp³-hybridized carbons (Fsp3) is 0.462. The maximum Gasteiger partial charge on any atom is 0.337 e. The van der Waals surface area contributed by atoms with Crippen molar-refractivity contribution in [3.05, 3.63) is 28.8 Å². The molecular weight excluding hydrogens is 252 g/mol. The number of carbonyl (C=O) groups is 1. The van der Waals surface area contributed by atoms with Gasteiger partial charge in [-0.25, -0.2) is 4.79 Å². The summed E-state index contributed by atoms with van der Waals surface area (Å²) < 4.78 is 0. The highest BCUT2D eigenvalue weighted by molar-refractivity contribution is 6.34. The number of hydrogen-bond donors (Lipinski definition) is 1. The number of halogens is 1. The van der Waals surface area contributed by atoms with E-state index in [4.69, 9.17) is 16.7 Å². The van der Waals surface area contributed by atoms with E-state index >= 15 is 0 Å². The van der Waals surface area contributed by atoms with Crippen LogP contribution in [0.1, 0.15) is 16.8 Å². The Morgan fingerprint density at radius 1 is 1.28 bits per heavy atom. The van der Waals surface area contributed by atoms with Gasteiger partial charge in [-0.15, -0.1) is 0 Å². The van der Waals surface area contributed by atoms with Crippen molar-refractivity contribution in [2.45, 2.75) is 6.42 Å². The Kier molecular flexibility index (Phi) is 5.44. The topological polar surface area (TPSA) is 43.8 Å². The van der Waals surface area contributed by atoms with Crippen LogP contribution in [0.15, 0.2) is 18.2 Å². The number of hydrogen-bond acceptors (Lipinski definition) is 3. The lowest BCUT2D eigenvalue weighted by atomic mass is 10.1. The minimum atomic E-state index is -0.952. The van der Waals surface area contributed by atoms with E-state index in [0.717, 1.165) is 19.5 Å². The van der Waals surface area contributed by atoms with Crippen molar-refractivity contribution in [2.24, 2.45) is 0 Å². The zero-order chi connectivity index (χ0) is 13.7. The van der Waals surface area contributed by atoms with Crippen LogP contribution in [0, 0.1) is 0 Å².